The summed E-state index contributed by atoms with van der Waals surface area (Å²) in [6, 6.07) is 0. The molecule has 0 aliphatic heterocycles. The van der Waals surface area contributed by atoms with E-state index in [1.165, 1.54) is 4.90 Å². The average molecular weight is 209 g/mol. The van der Waals surface area contributed by atoms with Crippen LogP contribution in [0.5, 0.6) is 0 Å². The fourth-order valence-corrected chi connectivity index (χ4v) is 1.03. The maximum absolute atomic E-state index is 11.6. The lowest BCUT2D eigenvalue weighted by Gasteiger charge is -2.19. The fraction of sp³-hybridized carbons (Fsp3) is 0.273. The van der Waals surface area contributed by atoms with Gasteiger partial charge >= 0.3 is 5.97 Å². The monoisotopic (exact) mass is 209 g/mol. The zero-order valence-electron chi connectivity index (χ0n) is 8.61. The van der Waals surface area contributed by atoms with E-state index in [9.17, 15) is 9.59 Å². The molecule has 0 rings (SSSR count). The van der Waals surface area contributed by atoms with Gasteiger partial charge in [0.2, 0.25) is 5.91 Å². The van der Waals surface area contributed by atoms with E-state index in [1.807, 2.05) is 0 Å². The van der Waals surface area contributed by atoms with E-state index in [2.05, 4.69) is 19.7 Å². The summed E-state index contributed by atoms with van der Waals surface area (Å²) in [6.45, 7) is 11.2. The van der Waals surface area contributed by atoms with Crippen molar-refractivity contribution in [1.82, 2.24) is 4.90 Å². The SMILES string of the molecule is C=CCN(CC=C)C(=O)C(=C)CC(=O)O. The molecule has 0 aromatic heterocycles. The smallest absolute Gasteiger partial charge is 0.308 e. The number of rotatable bonds is 7. The number of hydrogen-bond donors (Lipinski definition) is 1. The second-order valence-electron chi connectivity index (χ2n) is 2.96. The molecule has 4 heteroatoms. The highest BCUT2D eigenvalue weighted by atomic mass is 16.4. The van der Waals surface area contributed by atoms with Crippen LogP contribution in [0.25, 0.3) is 0 Å². The number of nitrogens with zero attached hydrogens (tertiary/aromatic N) is 1. The molecule has 4 nitrogen and oxygen atoms in total. The number of carboxylic acids is 1. The summed E-state index contributed by atoms with van der Waals surface area (Å²) < 4.78 is 0. The first kappa shape index (κ1) is 13.2. The van der Waals surface area contributed by atoms with Crippen molar-refractivity contribution in [3.63, 3.8) is 0 Å². The molecule has 0 aliphatic carbocycles. The van der Waals surface area contributed by atoms with Gasteiger partial charge in [0.1, 0.15) is 0 Å². The van der Waals surface area contributed by atoms with Crippen LogP contribution in [0.3, 0.4) is 0 Å². The zero-order valence-corrected chi connectivity index (χ0v) is 8.61. The third-order valence-corrected chi connectivity index (χ3v) is 1.65. The maximum atomic E-state index is 11.6. The molecule has 82 valence electrons. The van der Waals surface area contributed by atoms with Crippen LogP contribution < -0.4 is 0 Å². The van der Waals surface area contributed by atoms with Gasteiger partial charge < -0.3 is 10.0 Å². The predicted octanol–water partition coefficient (Wildman–Crippen LogP) is 1.22. The third-order valence-electron chi connectivity index (χ3n) is 1.65. The Hall–Kier alpha value is -1.84. The Morgan fingerprint density at radius 1 is 1.20 bits per heavy atom. The molecule has 0 heterocycles. The number of carbonyl (C=O) groups is 2. The molecule has 0 radical (unpaired) electrons. The molecule has 0 unspecified atom stereocenters. The minimum Gasteiger partial charge on any atom is -0.481 e. The van der Waals surface area contributed by atoms with Crippen molar-refractivity contribution in [3.8, 4) is 0 Å². The first-order chi connectivity index (χ1) is 7.02. The van der Waals surface area contributed by atoms with Crippen molar-refractivity contribution < 1.29 is 14.7 Å². The number of carbonyl (C=O) groups excluding carboxylic acids is 1. The second kappa shape index (κ2) is 6.59. The minimum absolute atomic E-state index is 0.0613. The van der Waals surface area contributed by atoms with Gasteiger partial charge in [-0.1, -0.05) is 18.7 Å². The van der Waals surface area contributed by atoms with Gasteiger partial charge in [-0.15, -0.1) is 13.2 Å². The quantitative estimate of drug-likeness (QED) is 0.506. The molecule has 0 saturated heterocycles. The molecule has 1 amide bonds. The molecule has 0 aliphatic rings. The Morgan fingerprint density at radius 3 is 2.00 bits per heavy atom. The number of carboxylic acid groups (broad SMARTS) is 1. The zero-order chi connectivity index (χ0) is 11.8. The average Bonchev–Trinajstić information content (AvgIpc) is 2.15. The van der Waals surface area contributed by atoms with Gasteiger partial charge in [-0.3, -0.25) is 9.59 Å². The Bertz CT molecular complexity index is 284. The van der Waals surface area contributed by atoms with Gasteiger partial charge in [0.15, 0.2) is 0 Å². The Labute approximate surface area is 89.2 Å². The van der Waals surface area contributed by atoms with Gasteiger partial charge in [0, 0.05) is 18.7 Å². The first-order valence-electron chi connectivity index (χ1n) is 4.43. The second-order valence-corrected chi connectivity index (χ2v) is 2.96. The molecule has 0 saturated carbocycles. The van der Waals surface area contributed by atoms with Crippen LogP contribution in [0, 0.1) is 0 Å². The highest BCUT2D eigenvalue weighted by Crippen LogP contribution is 2.04. The normalized spacial score (nSPS) is 9.07. The van der Waals surface area contributed by atoms with E-state index in [0.29, 0.717) is 13.1 Å². The van der Waals surface area contributed by atoms with Gasteiger partial charge in [0.05, 0.1) is 6.42 Å². The topological polar surface area (TPSA) is 57.6 Å². The van der Waals surface area contributed by atoms with Crippen molar-refractivity contribution in [1.29, 1.82) is 0 Å². The summed E-state index contributed by atoms with van der Waals surface area (Å²) >= 11 is 0. The van der Waals surface area contributed by atoms with Crippen molar-refractivity contribution >= 4 is 11.9 Å². The Morgan fingerprint density at radius 2 is 1.67 bits per heavy atom. The number of amides is 1. The van der Waals surface area contributed by atoms with Crippen LogP contribution in [-0.4, -0.2) is 35.0 Å². The van der Waals surface area contributed by atoms with Gasteiger partial charge in [-0.05, 0) is 0 Å². The van der Waals surface area contributed by atoms with Crippen LogP contribution in [-0.2, 0) is 9.59 Å². The minimum atomic E-state index is -1.06. The van der Waals surface area contributed by atoms with Gasteiger partial charge in [-0.2, -0.15) is 0 Å². The maximum Gasteiger partial charge on any atom is 0.308 e. The standard InChI is InChI=1S/C11H15NO3/c1-4-6-12(7-5-2)11(15)9(3)8-10(13)14/h4-5H,1-3,6-8H2,(H,13,14). The van der Waals surface area contributed by atoms with Crippen LogP contribution >= 0.6 is 0 Å². The van der Waals surface area contributed by atoms with Gasteiger partial charge in [0.25, 0.3) is 0 Å². The molecule has 0 aromatic carbocycles. The first-order valence-corrected chi connectivity index (χ1v) is 4.43. The highest BCUT2D eigenvalue weighted by molar-refractivity contribution is 5.96. The molecular weight excluding hydrogens is 194 g/mol. The van der Waals surface area contributed by atoms with Crippen LogP contribution in [0.2, 0.25) is 0 Å². The van der Waals surface area contributed by atoms with E-state index in [0.717, 1.165) is 0 Å². The summed E-state index contributed by atoms with van der Waals surface area (Å²) in [6.07, 6.45) is 2.79. The van der Waals surface area contributed by atoms with E-state index < -0.39 is 5.97 Å². The summed E-state index contributed by atoms with van der Waals surface area (Å²) in [5.41, 5.74) is 0.0613. The summed E-state index contributed by atoms with van der Waals surface area (Å²) in [5.74, 6) is -1.44. The van der Waals surface area contributed by atoms with Crippen molar-refractivity contribution in [2.45, 2.75) is 6.42 Å². The molecular formula is C11H15NO3. The molecule has 0 bridgehead atoms. The largest absolute Gasteiger partial charge is 0.481 e. The van der Waals surface area contributed by atoms with E-state index in [-0.39, 0.29) is 17.9 Å². The van der Waals surface area contributed by atoms with E-state index in [4.69, 9.17) is 5.11 Å². The summed E-state index contributed by atoms with van der Waals surface area (Å²) in [5, 5.41) is 8.50. The number of hydrogen-bond acceptors (Lipinski definition) is 2. The fourth-order valence-electron chi connectivity index (χ4n) is 1.03. The van der Waals surface area contributed by atoms with Crippen molar-refractivity contribution in [2.75, 3.05) is 13.1 Å². The molecule has 15 heavy (non-hydrogen) atoms. The molecule has 0 fully saturated rings. The molecule has 0 aromatic rings. The summed E-state index contributed by atoms with van der Waals surface area (Å²) in [4.78, 5) is 23.4. The highest BCUT2D eigenvalue weighted by Gasteiger charge is 2.16. The molecule has 1 N–H and O–H groups in total. The van der Waals surface area contributed by atoms with Crippen LogP contribution in [0.15, 0.2) is 37.5 Å². The Balaban J connectivity index is 4.47. The van der Waals surface area contributed by atoms with Crippen LogP contribution in [0.1, 0.15) is 6.42 Å². The lowest BCUT2D eigenvalue weighted by molar-refractivity contribution is -0.137. The van der Waals surface area contributed by atoms with E-state index >= 15 is 0 Å². The number of aliphatic carboxylic acids is 1. The van der Waals surface area contributed by atoms with Crippen molar-refractivity contribution in [3.05, 3.63) is 37.5 Å². The Kier molecular flexibility index (Phi) is 5.78. The third kappa shape index (κ3) is 4.81. The van der Waals surface area contributed by atoms with Crippen LogP contribution in [0.4, 0.5) is 0 Å². The lowest BCUT2D eigenvalue weighted by atomic mass is 10.2. The lowest BCUT2D eigenvalue weighted by Crippen LogP contribution is -2.32. The predicted molar refractivity (Wildman–Crippen MR) is 58.4 cm³/mol. The molecule has 0 spiro atoms. The van der Waals surface area contributed by atoms with E-state index in [1.54, 1.807) is 12.2 Å². The molecule has 0 atom stereocenters. The van der Waals surface area contributed by atoms with Crippen molar-refractivity contribution in [2.24, 2.45) is 0 Å². The van der Waals surface area contributed by atoms with Gasteiger partial charge in [-0.25, -0.2) is 0 Å². The summed E-state index contributed by atoms with van der Waals surface area (Å²) in [7, 11) is 0.